The molecule has 0 unspecified atom stereocenters. The maximum absolute atomic E-state index is 3.34. The van der Waals surface area contributed by atoms with E-state index in [1.165, 1.54) is 21.8 Å². The van der Waals surface area contributed by atoms with Gasteiger partial charge in [-0.1, -0.05) is 23.8 Å². The molecule has 1 heterocycles. The summed E-state index contributed by atoms with van der Waals surface area (Å²) in [6, 6.07) is 2.18. The zero-order valence-electron chi connectivity index (χ0n) is 7.52. The van der Waals surface area contributed by atoms with Crippen LogP contribution in [-0.2, 0) is 0 Å². The number of aryl methyl sites for hydroxylation is 1. The Balaban J connectivity index is 2.70. The van der Waals surface area contributed by atoms with Crippen LogP contribution in [0.15, 0.2) is 17.7 Å². The minimum Gasteiger partial charge on any atom is -0.359 e. The van der Waals surface area contributed by atoms with Crippen LogP contribution in [0, 0.1) is 6.92 Å². The maximum atomic E-state index is 3.34. The Kier molecular flexibility index (Phi) is 1.65. The second-order valence-corrected chi connectivity index (χ2v) is 3.41. The van der Waals surface area contributed by atoms with Crippen LogP contribution in [0.2, 0.25) is 0 Å². The molecule has 1 N–H and O–H groups in total. The first-order chi connectivity index (χ1) is 5.75. The fourth-order valence-corrected chi connectivity index (χ4v) is 1.50. The number of H-pyrrole nitrogens is 1. The lowest BCUT2D eigenvalue weighted by molar-refractivity contribution is 1.19. The molecule has 0 bridgehead atoms. The molecule has 0 amide bonds. The van der Waals surface area contributed by atoms with E-state index in [4.69, 9.17) is 0 Å². The molecule has 2 rings (SSSR count). The van der Waals surface area contributed by atoms with Gasteiger partial charge in [0.05, 0.1) is 0 Å². The molecule has 0 saturated carbocycles. The molecule has 0 aliphatic heterocycles. The van der Waals surface area contributed by atoms with Gasteiger partial charge in [-0.2, -0.15) is 0 Å². The van der Waals surface area contributed by atoms with Crippen molar-refractivity contribution in [3.63, 3.8) is 0 Å². The van der Waals surface area contributed by atoms with E-state index < -0.39 is 0 Å². The van der Waals surface area contributed by atoms with E-state index in [-0.39, 0.29) is 0 Å². The summed E-state index contributed by atoms with van der Waals surface area (Å²) in [6.45, 7) is 4.25. The Bertz CT molecular complexity index is 432. The standard InChI is InChI=1S/C11H13N/c1-8-3-5-10-7-9(2)12-11(10)6-4-8/h3,5-7,12H,4H2,1-2H3. The topological polar surface area (TPSA) is 15.8 Å². The Morgan fingerprint density at radius 1 is 1.25 bits per heavy atom. The molecule has 1 aliphatic rings. The van der Waals surface area contributed by atoms with Crippen molar-refractivity contribution < 1.29 is 0 Å². The SMILES string of the molecule is CC1=CC=c2cc(C)[nH]c2=CC1. The highest BCUT2D eigenvalue weighted by Crippen LogP contribution is 2.01. The molecule has 1 heteroatoms. The summed E-state index contributed by atoms with van der Waals surface area (Å²) in [6.07, 6.45) is 7.68. The van der Waals surface area contributed by atoms with Gasteiger partial charge in [0.2, 0.25) is 0 Å². The average molecular weight is 159 g/mol. The first-order valence-electron chi connectivity index (χ1n) is 4.29. The van der Waals surface area contributed by atoms with Gasteiger partial charge in [-0.25, -0.2) is 0 Å². The summed E-state index contributed by atoms with van der Waals surface area (Å²) in [5, 5.41) is 2.57. The minimum absolute atomic E-state index is 1.06. The van der Waals surface area contributed by atoms with Crippen LogP contribution in [0.3, 0.4) is 0 Å². The van der Waals surface area contributed by atoms with Gasteiger partial charge in [-0.3, -0.25) is 0 Å². The smallest absolute Gasteiger partial charge is 0.0418 e. The number of allylic oxidation sites excluding steroid dienone is 2. The number of aromatic amines is 1. The van der Waals surface area contributed by atoms with E-state index in [0.717, 1.165) is 6.42 Å². The molecule has 0 fully saturated rings. The molecule has 1 aromatic heterocycles. The molecule has 1 aromatic rings. The molecule has 1 nitrogen and oxygen atoms in total. The Morgan fingerprint density at radius 2 is 2.08 bits per heavy atom. The van der Waals surface area contributed by atoms with Crippen LogP contribution >= 0.6 is 0 Å². The van der Waals surface area contributed by atoms with Crippen molar-refractivity contribution in [1.82, 2.24) is 4.98 Å². The third kappa shape index (κ3) is 1.22. The van der Waals surface area contributed by atoms with Gasteiger partial charge in [0, 0.05) is 11.0 Å². The predicted molar refractivity (Wildman–Crippen MR) is 52.1 cm³/mol. The van der Waals surface area contributed by atoms with Crippen LogP contribution in [0.1, 0.15) is 19.0 Å². The Labute approximate surface area is 72.1 Å². The number of rotatable bonds is 0. The minimum atomic E-state index is 1.06. The lowest BCUT2D eigenvalue weighted by Gasteiger charge is -1.88. The highest BCUT2D eigenvalue weighted by atomic mass is 14.7. The van der Waals surface area contributed by atoms with Gasteiger partial charge in [0.25, 0.3) is 0 Å². The highest BCUT2D eigenvalue weighted by Gasteiger charge is 1.94. The third-order valence-electron chi connectivity index (χ3n) is 2.19. The van der Waals surface area contributed by atoms with Gasteiger partial charge in [-0.15, -0.1) is 0 Å². The van der Waals surface area contributed by atoms with Gasteiger partial charge in [0.15, 0.2) is 0 Å². The summed E-state index contributed by atoms with van der Waals surface area (Å²) in [5.41, 5.74) is 2.65. The van der Waals surface area contributed by atoms with Crippen molar-refractivity contribution in [3.05, 3.63) is 34.0 Å². The van der Waals surface area contributed by atoms with Crippen LogP contribution < -0.4 is 10.6 Å². The molecular formula is C11H13N. The van der Waals surface area contributed by atoms with E-state index in [0.29, 0.717) is 0 Å². The molecule has 12 heavy (non-hydrogen) atoms. The Hall–Kier alpha value is -1.24. The fraction of sp³-hybridized carbons (Fsp3) is 0.273. The summed E-state index contributed by atoms with van der Waals surface area (Å²) in [7, 11) is 0. The van der Waals surface area contributed by atoms with Gasteiger partial charge in [-0.05, 0) is 31.6 Å². The average Bonchev–Trinajstić information content (AvgIpc) is 2.31. The molecule has 1 aliphatic carbocycles. The summed E-state index contributed by atoms with van der Waals surface area (Å²) >= 11 is 0. The monoisotopic (exact) mass is 159 g/mol. The van der Waals surface area contributed by atoms with Crippen LogP contribution in [0.5, 0.6) is 0 Å². The van der Waals surface area contributed by atoms with E-state index >= 15 is 0 Å². The first kappa shape index (κ1) is 7.41. The molecule has 0 saturated heterocycles. The molecular weight excluding hydrogens is 146 g/mol. The number of aromatic nitrogens is 1. The van der Waals surface area contributed by atoms with Crippen LogP contribution in [-0.4, -0.2) is 4.98 Å². The van der Waals surface area contributed by atoms with Crippen LogP contribution in [0.4, 0.5) is 0 Å². The van der Waals surface area contributed by atoms with E-state index in [2.05, 4.69) is 43.1 Å². The number of nitrogens with one attached hydrogen (secondary N) is 1. The lowest BCUT2D eigenvalue weighted by atomic mass is 10.2. The van der Waals surface area contributed by atoms with Crippen molar-refractivity contribution in [2.75, 3.05) is 0 Å². The quantitative estimate of drug-likeness (QED) is 0.586. The zero-order chi connectivity index (χ0) is 8.55. The first-order valence-corrected chi connectivity index (χ1v) is 4.29. The van der Waals surface area contributed by atoms with Crippen molar-refractivity contribution >= 4 is 12.2 Å². The van der Waals surface area contributed by atoms with E-state index in [1.54, 1.807) is 0 Å². The second-order valence-electron chi connectivity index (χ2n) is 3.41. The van der Waals surface area contributed by atoms with Gasteiger partial charge >= 0.3 is 0 Å². The highest BCUT2D eigenvalue weighted by molar-refractivity contribution is 5.46. The van der Waals surface area contributed by atoms with Crippen molar-refractivity contribution in [3.8, 4) is 0 Å². The number of fused-ring (bicyclic) bond motifs is 1. The fourth-order valence-electron chi connectivity index (χ4n) is 1.50. The lowest BCUT2D eigenvalue weighted by Crippen LogP contribution is -2.20. The number of hydrogen-bond acceptors (Lipinski definition) is 0. The molecule has 62 valence electrons. The molecule has 0 spiro atoms. The van der Waals surface area contributed by atoms with E-state index in [9.17, 15) is 0 Å². The van der Waals surface area contributed by atoms with Crippen molar-refractivity contribution in [2.45, 2.75) is 20.3 Å². The maximum Gasteiger partial charge on any atom is 0.0418 e. The van der Waals surface area contributed by atoms with Crippen molar-refractivity contribution in [2.24, 2.45) is 0 Å². The molecule has 0 atom stereocenters. The summed E-state index contributed by atoms with van der Waals surface area (Å²) in [4.78, 5) is 3.34. The summed E-state index contributed by atoms with van der Waals surface area (Å²) in [5.74, 6) is 0. The summed E-state index contributed by atoms with van der Waals surface area (Å²) < 4.78 is 0. The largest absolute Gasteiger partial charge is 0.359 e. The predicted octanol–water partition coefficient (Wildman–Crippen LogP) is 1.23. The van der Waals surface area contributed by atoms with E-state index in [1.807, 2.05) is 0 Å². The third-order valence-corrected chi connectivity index (χ3v) is 2.19. The molecule has 0 radical (unpaired) electrons. The second kappa shape index (κ2) is 2.67. The van der Waals surface area contributed by atoms with Crippen LogP contribution in [0.25, 0.3) is 12.2 Å². The Morgan fingerprint density at radius 3 is 2.92 bits per heavy atom. The van der Waals surface area contributed by atoms with Gasteiger partial charge < -0.3 is 4.98 Å². The zero-order valence-corrected chi connectivity index (χ0v) is 7.52. The molecule has 0 aromatic carbocycles. The van der Waals surface area contributed by atoms with Gasteiger partial charge in [0.1, 0.15) is 0 Å². The van der Waals surface area contributed by atoms with Crippen molar-refractivity contribution in [1.29, 1.82) is 0 Å². The normalized spacial score (nSPS) is 15.3. The number of hydrogen-bond donors (Lipinski definition) is 1.